The second-order valence-corrected chi connectivity index (χ2v) is 7.70. The number of aromatic nitrogens is 3. The zero-order valence-corrected chi connectivity index (χ0v) is 17.1. The molecule has 1 aromatic heterocycles. The lowest BCUT2D eigenvalue weighted by atomic mass is 10.1. The number of fused-ring (bicyclic) bond motifs is 1. The highest BCUT2D eigenvalue weighted by Gasteiger charge is 2.21. The molecule has 0 radical (unpaired) electrons. The zero-order chi connectivity index (χ0) is 20.9. The van der Waals surface area contributed by atoms with Gasteiger partial charge in [-0.25, -0.2) is 4.68 Å². The summed E-state index contributed by atoms with van der Waals surface area (Å²) in [4.78, 5) is 30.1. The van der Waals surface area contributed by atoms with Crippen LogP contribution in [0, 0.1) is 0 Å². The summed E-state index contributed by atoms with van der Waals surface area (Å²) in [7, 11) is 2.12. The Hall–Kier alpha value is -3.10. The fraction of sp³-hybridized carbons (Fsp3) is 0.364. The van der Waals surface area contributed by atoms with E-state index in [2.05, 4.69) is 32.5 Å². The lowest BCUT2D eigenvalue weighted by Crippen LogP contribution is -2.48. The topological polar surface area (TPSA) is 83.4 Å². The van der Waals surface area contributed by atoms with Crippen LogP contribution >= 0.6 is 0 Å². The molecule has 0 spiro atoms. The lowest BCUT2D eigenvalue weighted by Gasteiger charge is -2.35. The van der Waals surface area contributed by atoms with E-state index in [0.29, 0.717) is 10.9 Å². The predicted molar refractivity (Wildman–Crippen MR) is 115 cm³/mol. The molecule has 2 heterocycles. The standard InChI is InChI=1S/C22H26N6O2/c1-26-11-13-27(14-12-26)15-20(17-7-3-2-4-8-17)23-21(29)16-28-22(30)18-9-5-6-10-19(18)24-25-28/h2-10,20H,11-16H2,1H3,(H,23,29). The predicted octanol–water partition coefficient (Wildman–Crippen LogP) is 0.896. The average Bonchev–Trinajstić information content (AvgIpc) is 2.77. The Labute approximate surface area is 175 Å². The first-order valence-corrected chi connectivity index (χ1v) is 10.2. The van der Waals surface area contributed by atoms with Crippen LogP contribution in [0.1, 0.15) is 11.6 Å². The fourth-order valence-corrected chi connectivity index (χ4v) is 3.71. The van der Waals surface area contributed by atoms with Crippen molar-refractivity contribution in [3.05, 3.63) is 70.5 Å². The van der Waals surface area contributed by atoms with E-state index in [4.69, 9.17) is 0 Å². The largest absolute Gasteiger partial charge is 0.346 e. The minimum atomic E-state index is -0.314. The molecule has 0 aliphatic carbocycles. The van der Waals surface area contributed by atoms with Crippen molar-refractivity contribution in [3.63, 3.8) is 0 Å². The average molecular weight is 406 g/mol. The van der Waals surface area contributed by atoms with Crippen molar-refractivity contribution in [2.75, 3.05) is 39.8 Å². The minimum absolute atomic E-state index is 0.161. The number of benzene rings is 2. The van der Waals surface area contributed by atoms with E-state index in [9.17, 15) is 9.59 Å². The molecule has 0 bridgehead atoms. The van der Waals surface area contributed by atoms with Gasteiger partial charge in [0.25, 0.3) is 5.56 Å². The van der Waals surface area contributed by atoms with E-state index >= 15 is 0 Å². The molecule has 3 aromatic rings. The molecule has 1 fully saturated rings. The number of piperazine rings is 1. The van der Waals surface area contributed by atoms with Crippen molar-refractivity contribution in [2.24, 2.45) is 0 Å². The van der Waals surface area contributed by atoms with Crippen molar-refractivity contribution in [2.45, 2.75) is 12.6 Å². The van der Waals surface area contributed by atoms with Crippen molar-refractivity contribution in [1.82, 2.24) is 30.1 Å². The third-order valence-electron chi connectivity index (χ3n) is 5.50. The second kappa shape index (κ2) is 9.15. The molecule has 1 amide bonds. The molecule has 8 heteroatoms. The SMILES string of the molecule is CN1CCN(CC(NC(=O)Cn2nnc3ccccc3c2=O)c2ccccc2)CC1. The molecule has 1 N–H and O–H groups in total. The van der Waals surface area contributed by atoms with Crippen molar-refractivity contribution in [1.29, 1.82) is 0 Å². The van der Waals surface area contributed by atoms with Gasteiger partial charge in [-0.15, -0.1) is 5.10 Å². The number of rotatable bonds is 6. The van der Waals surface area contributed by atoms with Crippen molar-refractivity contribution < 1.29 is 4.79 Å². The van der Waals surface area contributed by atoms with Crippen LogP contribution < -0.4 is 10.9 Å². The smallest absolute Gasteiger partial charge is 0.278 e. The van der Waals surface area contributed by atoms with Gasteiger partial charge in [-0.2, -0.15) is 0 Å². The third kappa shape index (κ3) is 4.72. The van der Waals surface area contributed by atoms with Crippen LogP contribution in [0.3, 0.4) is 0 Å². The summed E-state index contributed by atoms with van der Waals surface area (Å²) >= 11 is 0. The lowest BCUT2D eigenvalue weighted by molar-refractivity contribution is -0.122. The molecule has 156 valence electrons. The van der Waals surface area contributed by atoms with E-state index in [1.54, 1.807) is 24.3 Å². The van der Waals surface area contributed by atoms with E-state index in [-0.39, 0.29) is 24.1 Å². The molecule has 0 saturated carbocycles. The molecular formula is C22H26N6O2. The molecular weight excluding hydrogens is 380 g/mol. The third-order valence-corrected chi connectivity index (χ3v) is 5.50. The van der Waals surface area contributed by atoms with Crippen LogP contribution in [0.15, 0.2) is 59.4 Å². The molecule has 1 aliphatic rings. The van der Waals surface area contributed by atoms with Crippen molar-refractivity contribution >= 4 is 16.8 Å². The van der Waals surface area contributed by atoms with E-state index < -0.39 is 0 Å². The van der Waals surface area contributed by atoms with Gasteiger partial charge in [-0.05, 0) is 24.7 Å². The van der Waals surface area contributed by atoms with E-state index in [0.717, 1.165) is 43.0 Å². The van der Waals surface area contributed by atoms with Crippen LogP contribution in [0.25, 0.3) is 10.9 Å². The van der Waals surface area contributed by atoms with Gasteiger partial charge in [0.2, 0.25) is 5.91 Å². The Balaban J connectivity index is 1.49. The normalized spacial score (nSPS) is 16.4. The number of hydrogen-bond donors (Lipinski definition) is 1. The summed E-state index contributed by atoms with van der Waals surface area (Å²) in [6, 6.07) is 16.8. The van der Waals surface area contributed by atoms with Gasteiger partial charge in [0.1, 0.15) is 12.1 Å². The second-order valence-electron chi connectivity index (χ2n) is 7.70. The number of likely N-dealkylation sites (N-methyl/N-ethyl adjacent to an activating group) is 1. The highest BCUT2D eigenvalue weighted by atomic mass is 16.2. The minimum Gasteiger partial charge on any atom is -0.346 e. The first-order chi connectivity index (χ1) is 14.6. The fourth-order valence-electron chi connectivity index (χ4n) is 3.71. The summed E-state index contributed by atoms with van der Waals surface area (Å²) in [6.45, 7) is 4.51. The molecule has 1 atom stereocenters. The Kier molecular flexibility index (Phi) is 6.15. The van der Waals surface area contributed by atoms with E-state index in [1.807, 2.05) is 30.3 Å². The highest BCUT2D eigenvalue weighted by molar-refractivity contribution is 5.78. The Morgan fingerprint density at radius 2 is 1.73 bits per heavy atom. The van der Waals surface area contributed by atoms with Gasteiger partial charge in [-0.1, -0.05) is 47.7 Å². The number of nitrogens with zero attached hydrogens (tertiary/aromatic N) is 5. The molecule has 30 heavy (non-hydrogen) atoms. The molecule has 1 aliphatic heterocycles. The van der Waals surface area contributed by atoms with Gasteiger partial charge in [0.05, 0.1) is 11.4 Å². The molecule has 1 saturated heterocycles. The first-order valence-electron chi connectivity index (χ1n) is 10.2. The summed E-state index contributed by atoms with van der Waals surface area (Å²) in [5, 5.41) is 11.5. The summed E-state index contributed by atoms with van der Waals surface area (Å²) in [5.41, 5.74) is 1.25. The monoisotopic (exact) mass is 406 g/mol. The Morgan fingerprint density at radius 3 is 2.50 bits per heavy atom. The first kappa shape index (κ1) is 20.2. The molecule has 8 nitrogen and oxygen atoms in total. The molecule has 4 rings (SSSR count). The quantitative estimate of drug-likeness (QED) is 0.655. The number of amides is 1. The number of carbonyl (C=O) groups is 1. The van der Waals surface area contributed by atoms with Gasteiger partial charge in [0, 0.05) is 32.7 Å². The van der Waals surface area contributed by atoms with Gasteiger partial charge < -0.3 is 10.2 Å². The maximum Gasteiger partial charge on any atom is 0.278 e. The Bertz CT molecular complexity index is 1060. The molecule has 1 unspecified atom stereocenters. The van der Waals surface area contributed by atoms with Gasteiger partial charge in [0.15, 0.2) is 0 Å². The van der Waals surface area contributed by atoms with Gasteiger partial charge >= 0.3 is 0 Å². The maximum atomic E-state index is 12.8. The van der Waals surface area contributed by atoms with Crippen LogP contribution in [0.4, 0.5) is 0 Å². The number of hydrogen-bond acceptors (Lipinski definition) is 6. The molecule has 2 aromatic carbocycles. The van der Waals surface area contributed by atoms with E-state index in [1.165, 1.54) is 0 Å². The zero-order valence-electron chi connectivity index (χ0n) is 17.1. The summed E-state index contributed by atoms with van der Waals surface area (Å²) in [6.07, 6.45) is 0. The van der Waals surface area contributed by atoms with Crippen molar-refractivity contribution in [3.8, 4) is 0 Å². The highest BCUT2D eigenvalue weighted by Crippen LogP contribution is 2.15. The Morgan fingerprint density at radius 1 is 1.03 bits per heavy atom. The summed E-state index contributed by atoms with van der Waals surface area (Å²) < 4.78 is 1.12. The maximum absolute atomic E-state index is 12.8. The van der Waals surface area contributed by atoms with Crippen LogP contribution in [0.5, 0.6) is 0 Å². The number of carbonyl (C=O) groups excluding carboxylic acids is 1. The summed E-state index contributed by atoms with van der Waals surface area (Å²) in [5.74, 6) is -0.260. The number of nitrogens with one attached hydrogen (secondary N) is 1. The van der Waals surface area contributed by atoms with Crippen LogP contribution in [0.2, 0.25) is 0 Å². The van der Waals surface area contributed by atoms with Gasteiger partial charge in [-0.3, -0.25) is 14.5 Å². The van der Waals surface area contributed by atoms with Crippen LogP contribution in [-0.2, 0) is 11.3 Å². The van der Waals surface area contributed by atoms with Crippen LogP contribution in [-0.4, -0.2) is 70.5 Å².